The smallest absolute Gasteiger partial charge is 0.264 e. The summed E-state index contributed by atoms with van der Waals surface area (Å²) in [7, 11) is 0. The molecule has 1 aliphatic rings. The van der Waals surface area contributed by atoms with Gasteiger partial charge in [-0.25, -0.2) is 4.98 Å². The molecular formula is C21H25N3O2S. The molecular weight excluding hydrogens is 358 g/mol. The summed E-state index contributed by atoms with van der Waals surface area (Å²) in [6.07, 6.45) is 6.24. The van der Waals surface area contributed by atoms with Crippen LogP contribution in [0.3, 0.4) is 0 Å². The SMILES string of the molecule is O=c1c2c3c(sc2nc(NCCCO)n1Cc1ccccc1)CCCCC3. The molecule has 0 amide bonds. The summed E-state index contributed by atoms with van der Waals surface area (Å²) < 4.78 is 1.76. The van der Waals surface area contributed by atoms with E-state index in [9.17, 15) is 4.79 Å². The Morgan fingerprint density at radius 3 is 2.78 bits per heavy atom. The minimum absolute atomic E-state index is 0.0507. The van der Waals surface area contributed by atoms with Gasteiger partial charge in [0, 0.05) is 18.0 Å². The lowest BCUT2D eigenvalue weighted by atomic mass is 10.1. The molecule has 0 spiro atoms. The first-order valence-electron chi connectivity index (χ1n) is 9.71. The number of nitrogens with zero attached hydrogens (tertiary/aromatic N) is 2. The van der Waals surface area contributed by atoms with Gasteiger partial charge in [0.1, 0.15) is 4.83 Å². The van der Waals surface area contributed by atoms with Crippen LogP contribution in [-0.2, 0) is 19.4 Å². The van der Waals surface area contributed by atoms with Gasteiger partial charge in [0.05, 0.1) is 11.9 Å². The van der Waals surface area contributed by atoms with Gasteiger partial charge in [-0.2, -0.15) is 0 Å². The summed E-state index contributed by atoms with van der Waals surface area (Å²) in [4.78, 5) is 20.5. The van der Waals surface area contributed by atoms with Crippen LogP contribution >= 0.6 is 11.3 Å². The van der Waals surface area contributed by atoms with E-state index in [1.807, 2.05) is 30.3 Å². The maximum atomic E-state index is 13.5. The normalized spacial score (nSPS) is 14.1. The molecule has 27 heavy (non-hydrogen) atoms. The number of thiophene rings is 1. The van der Waals surface area contributed by atoms with Crippen LogP contribution in [0.2, 0.25) is 0 Å². The van der Waals surface area contributed by atoms with Gasteiger partial charge in [-0.05, 0) is 43.2 Å². The van der Waals surface area contributed by atoms with Gasteiger partial charge in [0.15, 0.2) is 0 Å². The van der Waals surface area contributed by atoms with Crippen LogP contribution in [0, 0.1) is 0 Å². The lowest BCUT2D eigenvalue weighted by Gasteiger charge is -2.14. The Balaban J connectivity index is 1.83. The number of anilines is 1. The minimum atomic E-state index is 0.0507. The summed E-state index contributed by atoms with van der Waals surface area (Å²) in [6.45, 7) is 1.20. The van der Waals surface area contributed by atoms with Gasteiger partial charge in [-0.3, -0.25) is 9.36 Å². The Bertz CT molecular complexity index is 978. The highest BCUT2D eigenvalue weighted by atomic mass is 32.1. The number of fused-ring (bicyclic) bond motifs is 3. The summed E-state index contributed by atoms with van der Waals surface area (Å²) in [5.41, 5.74) is 2.36. The highest BCUT2D eigenvalue weighted by molar-refractivity contribution is 7.18. The maximum Gasteiger partial charge on any atom is 0.264 e. The van der Waals surface area contributed by atoms with E-state index in [1.165, 1.54) is 23.3 Å². The summed E-state index contributed by atoms with van der Waals surface area (Å²) in [5, 5.41) is 13.2. The standard InChI is InChI=1S/C21H25N3O2S/c25-13-7-12-22-21-23-19-18(16-10-5-2-6-11-17(16)27-19)20(26)24(21)14-15-8-3-1-4-9-15/h1,3-4,8-9,25H,2,5-7,10-14H2,(H,22,23). The van der Waals surface area contributed by atoms with Crippen molar-refractivity contribution in [2.24, 2.45) is 0 Å². The van der Waals surface area contributed by atoms with E-state index in [4.69, 9.17) is 10.1 Å². The monoisotopic (exact) mass is 383 g/mol. The fourth-order valence-electron chi connectivity index (χ4n) is 3.74. The molecule has 4 rings (SSSR count). The van der Waals surface area contributed by atoms with Crippen molar-refractivity contribution in [3.05, 3.63) is 56.7 Å². The lowest BCUT2D eigenvalue weighted by Crippen LogP contribution is -2.26. The Morgan fingerprint density at radius 2 is 1.96 bits per heavy atom. The fraction of sp³-hybridized carbons (Fsp3) is 0.429. The number of benzene rings is 1. The largest absolute Gasteiger partial charge is 0.396 e. The average Bonchev–Trinajstić information content (AvgIpc) is 2.87. The number of nitrogens with one attached hydrogen (secondary N) is 1. The Hall–Kier alpha value is -2.18. The zero-order valence-corrected chi connectivity index (χ0v) is 16.2. The molecule has 0 saturated carbocycles. The molecule has 2 N–H and O–H groups in total. The predicted molar refractivity (Wildman–Crippen MR) is 111 cm³/mol. The van der Waals surface area contributed by atoms with Gasteiger partial charge in [-0.1, -0.05) is 36.8 Å². The molecule has 142 valence electrons. The predicted octanol–water partition coefficient (Wildman–Crippen LogP) is 3.57. The molecule has 0 aliphatic heterocycles. The van der Waals surface area contributed by atoms with Crippen molar-refractivity contribution < 1.29 is 5.11 Å². The van der Waals surface area contributed by atoms with Crippen molar-refractivity contribution in [1.82, 2.24) is 9.55 Å². The molecule has 0 bridgehead atoms. The molecule has 1 aromatic carbocycles. The van der Waals surface area contributed by atoms with Gasteiger partial charge < -0.3 is 10.4 Å². The molecule has 0 atom stereocenters. The third-order valence-corrected chi connectivity index (χ3v) is 6.31. The highest BCUT2D eigenvalue weighted by Gasteiger charge is 2.21. The first-order valence-corrected chi connectivity index (χ1v) is 10.5. The number of aromatic nitrogens is 2. The van der Waals surface area contributed by atoms with E-state index < -0.39 is 0 Å². The van der Waals surface area contributed by atoms with Crippen LogP contribution in [0.4, 0.5) is 5.95 Å². The molecule has 0 fully saturated rings. The molecule has 2 aromatic heterocycles. The third-order valence-electron chi connectivity index (χ3n) is 5.13. The molecule has 0 radical (unpaired) electrons. The van der Waals surface area contributed by atoms with Gasteiger partial charge in [0.2, 0.25) is 5.95 Å². The molecule has 0 unspecified atom stereocenters. The lowest BCUT2D eigenvalue weighted by molar-refractivity contribution is 0.292. The molecule has 0 saturated heterocycles. The van der Waals surface area contributed by atoms with Crippen molar-refractivity contribution in [3.63, 3.8) is 0 Å². The fourth-order valence-corrected chi connectivity index (χ4v) is 4.99. The maximum absolute atomic E-state index is 13.5. The van der Waals surface area contributed by atoms with Crippen LogP contribution < -0.4 is 10.9 Å². The van der Waals surface area contributed by atoms with Crippen molar-refractivity contribution in [2.45, 2.75) is 45.1 Å². The number of aryl methyl sites for hydroxylation is 2. The van der Waals surface area contributed by atoms with E-state index in [2.05, 4.69) is 5.32 Å². The van der Waals surface area contributed by atoms with E-state index in [0.29, 0.717) is 25.5 Å². The van der Waals surface area contributed by atoms with Crippen LogP contribution in [0.15, 0.2) is 35.1 Å². The zero-order chi connectivity index (χ0) is 18.6. The quantitative estimate of drug-likeness (QED) is 0.504. The molecule has 3 aromatic rings. The second-order valence-electron chi connectivity index (χ2n) is 7.06. The summed E-state index contributed by atoms with van der Waals surface area (Å²) in [5.74, 6) is 0.598. The molecule has 5 nitrogen and oxygen atoms in total. The van der Waals surface area contributed by atoms with Gasteiger partial charge in [-0.15, -0.1) is 11.3 Å². The van der Waals surface area contributed by atoms with E-state index in [-0.39, 0.29) is 12.2 Å². The van der Waals surface area contributed by atoms with E-state index in [1.54, 1.807) is 15.9 Å². The van der Waals surface area contributed by atoms with Crippen LogP contribution in [-0.4, -0.2) is 27.8 Å². The van der Waals surface area contributed by atoms with Crippen LogP contribution in [0.1, 0.15) is 41.7 Å². The van der Waals surface area contributed by atoms with Crippen LogP contribution in [0.25, 0.3) is 10.2 Å². The highest BCUT2D eigenvalue weighted by Crippen LogP contribution is 2.33. The Kier molecular flexibility index (Phi) is 5.55. The van der Waals surface area contributed by atoms with E-state index >= 15 is 0 Å². The topological polar surface area (TPSA) is 67.2 Å². The van der Waals surface area contributed by atoms with Gasteiger partial charge in [0.25, 0.3) is 5.56 Å². The number of hydrogen-bond acceptors (Lipinski definition) is 5. The molecule has 2 heterocycles. The molecule has 1 aliphatic carbocycles. The van der Waals surface area contributed by atoms with Crippen molar-refractivity contribution in [3.8, 4) is 0 Å². The summed E-state index contributed by atoms with van der Waals surface area (Å²) in [6, 6.07) is 10.0. The number of hydrogen-bond donors (Lipinski definition) is 2. The third kappa shape index (κ3) is 3.77. The zero-order valence-electron chi connectivity index (χ0n) is 15.4. The van der Waals surface area contributed by atoms with E-state index in [0.717, 1.165) is 35.0 Å². The van der Waals surface area contributed by atoms with Crippen molar-refractivity contribution >= 4 is 27.5 Å². The number of aliphatic hydroxyl groups excluding tert-OH is 1. The number of aliphatic hydroxyl groups is 1. The van der Waals surface area contributed by atoms with Crippen molar-refractivity contribution in [2.75, 3.05) is 18.5 Å². The van der Waals surface area contributed by atoms with Crippen LogP contribution in [0.5, 0.6) is 0 Å². The average molecular weight is 384 g/mol. The van der Waals surface area contributed by atoms with Gasteiger partial charge >= 0.3 is 0 Å². The second-order valence-corrected chi connectivity index (χ2v) is 8.14. The first kappa shape index (κ1) is 18.2. The summed E-state index contributed by atoms with van der Waals surface area (Å²) >= 11 is 1.68. The van der Waals surface area contributed by atoms with Crippen molar-refractivity contribution in [1.29, 1.82) is 0 Å². The molecule has 6 heteroatoms. The Labute approximate surface area is 162 Å². The minimum Gasteiger partial charge on any atom is -0.396 e. The second kappa shape index (κ2) is 8.23. The Morgan fingerprint density at radius 1 is 1.15 bits per heavy atom. The first-order chi connectivity index (χ1) is 13.3. The number of rotatable bonds is 6.